The first-order valence-electron chi connectivity index (χ1n) is 14.5. The summed E-state index contributed by atoms with van der Waals surface area (Å²) in [7, 11) is 0. The van der Waals surface area contributed by atoms with Crippen molar-refractivity contribution < 1.29 is 14.2 Å². The largest absolute Gasteiger partial charge is 0.488 e. The average molecular weight is 534 g/mol. The fourth-order valence-corrected chi connectivity index (χ4v) is 5.76. The minimum absolute atomic E-state index is 0.138. The smallest absolute Gasteiger partial charge is 0.226 e. The van der Waals surface area contributed by atoms with Crippen molar-refractivity contribution in [2.24, 2.45) is 0 Å². The zero-order chi connectivity index (χ0) is 26.3. The molecule has 1 aromatic carbocycles. The van der Waals surface area contributed by atoms with Crippen LogP contribution in [-0.2, 0) is 4.74 Å². The van der Waals surface area contributed by atoms with Gasteiger partial charge in [0.05, 0.1) is 24.8 Å². The monoisotopic (exact) mass is 533 g/mol. The Morgan fingerprint density at radius 2 is 1.72 bits per heavy atom. The van der Waals surface area contributed by atoms with Gasteiger partial charge in [0.15, 0.2) is 0 Å². The number of fused-ring (bicyclic) bond motifs is 1. The quantitative estimate of drug-likeness (QED) is 0.436. The summed E-state index contributed by atoms with van der Waals surface area (Å²) in [5.41, 5.74) is 2.80. The number of nitrogens with one attached hydrogen (secondary N) is 1. The van der Waals surface area contributed by atoms with E-state index in [1.165, 1.54) is 32.4 Å². The lowest BCUT2D eigenvalue weighted by atomic mass is 9.93. The number of ether oxygens (including phenoxy) is 3. The molecule has 3 aromatic rings. The zero-order valence-corrected chi connectivity index (χ0v) is 22.6. The fraction of sp³-hybridized carbons (Fsp3) is 0.586. The number of nitrogens with zero attached hydrogens (tertiary/aromatic N) is 6. The van der Waals surface area contributed by atoms with Crippen LogP contribution in [0.15, 0.2) is 36.8 Å². The van der Waals surface area contributed by atoms with Gasteiger partial charge in [0.2, 0.25) is 11.8 Å². The maximum absolute atomic E-state index is 6.57. The molecule has 39 heavy (non-hydrogen) atoms. The third kappa shape index (κ3) is 6.86. The predicted octanol–water partition coefficient (Wildman–Crippen LogP) is 3.92. The minimum atomic E-state index is 0.138. The van der Waals surface area contributed by atoms with Crippen molar-refractivity contribution in [1.82, 2.24) is 24.8 Å². The molecule has 208 valence electrons. The van der Waals surface area contributed by atoms with Crippen LogP contribution in [0.5, 0.6) is 11.6 Å². The van der Waals surface area contributed by atoms with E-state index in [1.807, 2.05) is 6.07 Å². The van der Waals surface area contributed by atoms with E-state index >= 15 is 0 Å². The predicted molar refractivity (Wildman–Crippen MR) is 151 cm³/mol. The second-order valence-electron chi connectivity index (χ2n) is 10.7. The van der Waals surface area contributed by atoms with E-state index in [1.54, 1.807) is 18.6 Å². The molecule has 10 heteroatoms. The van der Waals surface area contributed by atoms with Crippen molar-refractivity contribution in [2.45, 2.75) is 57.1 Å². The third-order valence-electron chi connectivity index (χ3n) is 7.94. The Labute approximate surface area is 230 Å². The van der Waals surface area contributed by atoms with E-state index in [4.69, 9.17) is 14.2 Å². The van der Waals surface area contributed by atoms with Gasteiger partial charge in [0, 0.05) is 62.1 Å². The van der Waals surface area contributed by atoms with E-state index in [0.29, 0.717) is 24.5 Å². The van der Waals surface area contributed by atoms with Crippen LogP contribution in [0.4, 0.5) is 11.6 Å². The molecule has 1 N–H and O–H groups in total. The Kier molecular flexibility index (Phi) is 8.50. The molecule has 0 unspecified atom stereocenters. The molecule has 1 aliphatic carbocycles. The molecule has 10 nitrogen and oxygen atoms in total. The summed E-state index contributed by atoms with van der Waals surface area (Å²) in [6.45, 7) is 7.18. The number of piperidine rings is 1. The van der Waals surface area contributed by atoms with Crippen LogP contribution in [0.2, 0.25) is 0 Å². The first kappa shape index (κ1) is 26.0. The molecule has 3 fully saturated rings. The molecule has 0 spiro atoms. The number of aromatic nitrogens is 4. The summed E-state index contributed by atoms with van der Waals surface area (Å²) in [4.78, 5) is 23.0. The van der Waals surface area contributed by atoms with Gasteiger partial charge >= 0.3 is 0 Å². The second-order valence-corrected chi connectivity index (χ2v) is 10.7. The van der Waals surface area contributed by atoms with Crippen LogP contribution in [0.1, 0.15) is 44.9 Å². The first-order valence-corrected chi connectivity index (χ1v) is 14.5. The summed E-state index contributed by atoms with van der Waals surface area (Å²) >= 11 is 0. The Morgan fingerprint density at radius 1 is 0.897 bits per heavy atom. The summed E-state index contributed by atoms with van der Waals surface area (Å²) in [6, 6.07) is 6.37. The highest BCUT2D eigenvalue weighted by Crippen LogP contribution is 2.33. The van der Waals surface area contributed by atoms with E-state index in [2.05, 4.69) is 47.2 Å². The van der Waals surface area contributed by atoms with Crippen molar-refractivity contribution in [3.05, 3.63) is 36.8 Å². The lowest BCUT2D eigenvalue weighted by Gasteiger charge is -2.31. The van der Waals surface area contributed by atoms with E-state index in [9.17, 15) is 0 Å². The highest BCUT2D eigenvalue weighted by molar-refractivity contribution is 5.85. The van der Waals surface area contributed by atoms with Crippen LogP contribution < -0.4 is 19.7 Å². The van der Waals surface area contributed by atoms with Crippen LogP contribution in [0, 0.1) is 0 Å². The maximum Gasteiger partial charge on any atom is 0.226 e. The van der Waals surface area contributed by atoms with Crippen LogP contribution in [0.25, 0.3) is 11.0 Å². The number of anilines is 2. The zero-order valence-electron chi connectivity index (χ0n) is 22.6. The normalized spacial score (nSPS) is 22.5. The minimum Gasteiger partial charge on any atom is -0.488 e. The van der Waals surface area contributed by atoms with Crippen molar-refractivity contribution in [3.8, 4) is 11.6 Å². The molecule has 1 saturated carbocycles. The van der Waals surface area contributed by atoms with Crippen molar-refractivity contribution in [3.63, 3.8) is 0 Å². The molecule has 3 aliphatic rings. The summed E-state index contributed by atoms with van der Waals surface area (Å²) < 4.78 is 18.0. The second kappa shape index (κ2) is 12.7. The topological polar surface area (TPSA) is 97.8 Å². The van der Waals surface area contributed by atoms with Gasteiger partial charge in [-0.2, -0.15) is 4.98 Å². The Morgan fingerprint density at radius 3 is 2.56 bits per heavy atom. The van der Waals surface area contributed by atoms with Crippen molar-refractivity contribution >= 4 is 22.7 Å². The molecular formula is C29H39N7O3. The SMILES string of the molecule is c1cc(OCCN2CCCCC2)nc(N[C@H]2CC[C@@H](Oc3cc(N4CCOCC4)cc4nccnc34)CC2)n1. The lowest BCUT2D eigenvalue weighted by Crippen LogP contribution is -2.36. The Hall–Kier alpha value is -3.24. The van der Waals surface area contributed by atoms with Gasteiger partial charge in [-0.1, -0.05) is 6.42 Å². The molecule has 0 atom stereocenters. The molecule has 2 aliphatic heterocycles. The number of hydrogen-bond donors (Lipinski definition) is 1. The maximum atomic E-state index is 6.57. The molecular weight excluding hydrogens is 494 g/mol. The van der Waals surface area contributed by atoms with Crippen molar-refractivity contribution in [1.29, 1.82) is 0 Å². The van der Waals surface area contributed by atoms with Gasteiger partial charge < -0.3 is 24.4 Å². The lowest BCUT2D eigenvalue weighted by molar-refractivity contribution is 0.122. The van der Waals surface area contributed by atoms with E-state index in [0.717, 1.165) is 81.0 Å². The van der Waals surface area contributed by atoms with Gasteiger partial charge in [0.25, 0.3) is 0 Å². The summed E-state index contributed by atoms with van der Waals surface area (Å²) in [5.74, 6) is 2.08. The summed E-state index contributed by atoms with van der Waals surface area (Å²) in [6.07, 6.45) is 13.2. The van der Waals surface area contributed by atoms with Gasteiger partial charge in [-0.15, -0.1) is 0 Å². The third-order valence-corrected chi connectivity index (χ3v) is 7.94. The molecule has 4 heterocycles. The van der Waals surface area contributed by atoms with Gasteiger partial charge in [-0.25, -0.2) is 9.97 Å². The Bertz CT molecular complexity index is 1210. The number of likely N-dealkylation sites (tertiary alicyclic amines) is 1. The summed E-state index contributed by atoms with van der Waals surface area (Å²) in [5, 5.41) is 3.52. The van der Waals surface area contributed by atoms with Crippen LogP contribution >= 0.6 is 0 Å². The highest BCUT2D eigenvalue weighted by Gasteiger charge is 2.25. The molecule has 0 radical (unpaired) electrons. The van der Waals surface area contributed by atoms with Gasteiger partial charge in [0.1, 0.15) is 17.9 Å². The van der Waals surface area contributed by atoms with Crippen molar-refractivity contribution in [2.75, 3.05) is 62.8 Å². The van der Waals surface area contributed by atoms with Crippen LogP contribution in [-0.4, -0.2) is 89.5 Å². The average Bonchev–Trinajstić information content (AvgIpc) is 2.99. The standard InChI is InChI=1S/C29H39N7O3/c1-2-12-35(13-3-1)14-19-38-27-8-9-32-29(34-27)33-22-4-6-24(7-5-22)39-26-21-23(36-15-17-37-18-16-36)20-25-28(26)31-11-10-30-25/h8-11,20-22,24H,1-7,12-19H2,(H,32,33,34)/t22-,24+. The first-order chi connectivity index (χ1) is 19.3. The number of benzene rings is 1. The Balaban J connectivity index is 1.02. The van der Waals surface area contributed by atoms with Gasteiger partial charge in [-0.05, 0) is 57.7 Å². The number of rotatable bonds is 9. The highest BCUT2D eigenvalue weighted by atomic mass is 16.5. The molecule has 6 rings (SSSR count). The fourth-order valence-electron chi connectivity index (χ4n) is 5.76. The van der Waals surface area contributed by atoms with E-state index in [-0.39, 0.29) is 6.10 Å². The number of hydrogen-bond acceptors (Lipinski definition) is 10. The molecule has 2 saturated heterocycles. The van der Waals surface area contributed by atoms with Gasteiger partial charge in [-0.3, -0.25) is 9.88 Å². The molecule has 2 aromatic heterocycles. The molecule has 0 amide bonds. The molecule has 0 bridgehead atoms. The van der Waals surface area contributed by atoms with E-state index < -0.39 is 0 Å². The number of morpholine rings is 1. The van der Waals surface area contributed by atoms with Crippen LogP contribution in [0.3, 0.4) is 0 Å².